The number of benzene rings is 1. The van der Waals surface area contributed by atoms with Crippen molar-refractivity contribution in [3.05, 3.63) is 47.4 Å². The molecule has 0 saturated carbocycles. The number of aliphatic carboxylic acids is 1. The normalized spacial score (nSPS) is 10.8. The predicted octanol–water partition coefficient (Wildman–Crippen LogP) is 2.67. The number of carboxylic acids is 1. The fourth-order valence-corrected chi connectivity index (χ4v) is 1.71. The second-order valence-electron chi connectivity index (χ2n) is 4.30. The van der Waals surface area contributed by atoms with Crippen LogP contribution < -0.4 is 9.47 Å². The Morgan fingerprint density at radius 3 is 2.81 bits per heavy atom. The number of carboxylic acid groups (broad SMARTS) is 1. The second-order valence-corrected chi connectivity index (χ2v) is 4.30. The third kappa shape index (κ3) is 4.10. The van der Waals surface area contributed by atoms with Gasteiger partial charge >= 0.3 is 5.97 Å². The van der Waals surface area contributed by atoms with Crippen LogP contribution in [0.15, 0.2) is 34.9 Å². The summed E-state index contributed by atoms with van der Waals surface area (Å²) in [5.41, 5.74) is 1.39. The molecule has 21 heavy (non-hydrogen) atoms. The molecule has 1 N–H and O–H groups in total. The van der Waals surface area contributed by atoms with Gasteiger partial charge in [0.15, 0.2) is 11.5 Å². The van der Waals surface area contributed by atoms with Crippen LogP contribution in [0.5, 0.6) is 11.5 Å². The largest absolute Gasteiger partial charge is 0.493 e. The lowest BCUT2D eigenvalue weighted by Crippen LogP contribution is -1.98. The third-order valence-electron chi connectivity index (χ3n) is 2.66. The maximum absolute atomic E-state index is 10.5. The first-order valence-corrected chi connectivity index (χ1v) is 6.22. The molecule has 1 aromatic heterocycles. The van der Waals surface area contributed by atoms with Gasteiger partial charge in [0.1, 0.15) is 18.1 Å². The number of rotatable bonds is 6. The number of aromatic nitrogens is 1. The lowest BCUT2D eigenvalue weighted by Gasteiger charge is -2.10. The quantitative estimate of drug-likeness (QED) is 0.823. The molecule has 0 aliphatic heterocycles. The first kappa shape index (κ1) is 14.6. The molecule has 110 valence electrons. The lowest BCUT2D eigenvalue weighted by atomic mass is 10.2. The van der Waals surface area contributed by atoms with E-state index in [0.29, 0.717) is 22.8 Å². The van der Waals surface area contributed by atoms with Crippen LogP contribution in [0.25, 0.3) is 6.08 Å². The van der Waals surface area contributed by atoms with E-state index in [1.807, 2.05) is 0 Å². The Kier molecular flexibility index (Phi) is 4.61. The van der Waals surface area contributed by atoms with E-state index in [2.05, 4.69) is 5.16 Å². The van der Waals surface area contributed by atoms with Crippen LogP contribution in [0.3, 0.4) is 0 Å². The van der Waals surface area contributed by atoms with Crippen molar-refractivity contribution in [3.63, 3.8) is 0 Å². The number of carbonyl (C=O) groups is 1. The highest BCUT2D eigenvalue weighted by atomic mass is 16.5. The molecular formula is C15H15NO5. The summed E-state index contributed by atoms with van der Waals surface area (Å²) in [4.78, 5) is 10.5. The maximum Gasteiger partial charge on any atom is 0.328 e. The van der Waals surface area contributed by atoms with Gasteiger partial charge < -0.3 is 19.1 Å². The highest BCUT2D eigenvalue weighted by molar-refractivity contribution is 5.85. The van der Waals surface area contributed by atoms with Gasteiger partial charge in [-0.15, -0.1) is 0 Å². The van der Waals surface area contributed by atoms with E-state index in [1.54, 1.807) is 31.2 Å². The highest BCUT2D eigenvalue weighted by Gasteiger charge is 2.07. The number of hydrogen-bond donors (Lipinski definition) is 1. The van der Waals surface area contributed by atoms with Crippen molar-refractivity contribution in [1.29, 1.82) is 0 Å². The minimum atomic E-state index is -1.00. The third-order valence-corrected chi connectivity index (χ3v) is 2.66. The van der Waals surface area contributed by atoms with Gasteiger partial charge in [-0.3, -0.25) is 0 Å². The summed E-state index contributed by atoms with van der Waals surface area (Å²) in [5.74, 6) is 0.777. The first-order chi connectivity index (χ1) is 10.1. The number of hydrogen-bond acceptors (Lipinski definition) is 5. The van der Waals surface area contributed by atoms with Crippen LogP contribution >= 0.6 is 0 Å². The topological polar surface area (TPSA) is 81.8 Å². The summed E-state index contributed by atoms with van der Waals surface area (Å²) in [6, 6.07) is 6.94. The van der Waals surface area contributed by atoms with E-state index < -0.39 is 5.97 Å². The molecule has 0 unspecified atom stereocenters. The Hall–Kier alpha value is -2.76. The minimum absolute atomic E-state index is 0.262. The first-order valence-electron chi connectivity index (χ1n) is 6.22. The molecule has 6 nitrogen and oxygen atoms in total. The highest BCUT2D eigenvalue weighted by Crippen LogP contribution is 2.29. The molecule has 0 bridgehead atoms. The number of methoxy groups -OCH3 is 1. The molecule has 0 aliphatic carbocycles. The van der Waals surface area contributed by atoms with Crippen LogP contribution in [0.2, 0.25) is 0 Å². The number of aryl methyl sites for hydroxylation is 1. The molecule has 0 atom stereocenters. The SMILES string of the molecule is COc1cc(/C=C/C(=O)O)ccc1OCc1cc(C)on1. The van der Waals surface area contributed by atoms with Crippen LogP contribution in [-0.2, 0) is 11.4 Å². The summed E-state index contributed by atoms with van der Waals surface area (Å²) >= 11 is 0. The van der Waals surface area contributed by atoms with Crippen LogP contribution in [0, 0.1) is 6.92 Å². The van der Waals surface area contributed by atoms with E-state index in [4.69, 9.17) is 19.1 Å². The Morgan fingerprint density at radius 2 is 2.19 bits per heavy atom. The monoisotopic (exact) mass is 289 g/mol. The Labute approximate surface area is 121 Å². The van der Waals surface area contributed by atoms with Crippen LogP contribution in [0.4, 0.5) is 0 Å². The van der Waals surface area contributed by atoms with Gasteiger partial charge in [-0.25, -0.2) is 4.79 Å². The van der Waals surface area contributed by atoms with Crippen molar-refractivity contribution in [3.8, 4) is 11.5 Å². The molecule has 2 aromatic rings. The van der Waals surface area contributed by atoms with E-state index in [1.165, 1.54) is 13.2 Å². The average Bonchev–Trinajstić information content (AvgIpc) is 2.88. The van der Waals surface area contributed by atoms with Crippen LogP contribution in [0.1, 0.15) is 17.0 Å². The molecule has 1 aromatic carbocycles. The van der Waals surface area contributed by atoms with E-state index in [-0.39, 0.29) is 6.61 Å². The molecule has 0 radical (unpaired) electrons. The molecule has 6 heteroatoms. The molecule has 1 heterocycles. The van der Waals surface area contributed by atoms with Crippen molar-refractivity contribution in [2.75, 3.05) is 7.11 Å². The molecule has 0 saturated heterocycles. The predicted molar refractivity (Wildman–Crippen MR) is 75.2 cm³/mol. The number of nitrogens with zero attached hydrogens (tertiary/aromatic N) is 1. The van der Waals surface area contributed by atoms with Gasteiger partial charge in [0.25, 0.3) is 0 Å². The fraction of sp³-hybridized carbons (Fsp3) is 0.200. The van der Waals surface area contributed by atoms with Crippen molar-refractivity contribution in [2.45, 2.75) is 13.5 Å². The zero-order valence-electron chi connectivity index (χ0n) is 11.7. The Bertz CT molecular complexity index is 660. The van der Waals surface area contributed by atoms with Gasteiger partial charge in [-0.2, -0.15) is 0 Å². The van der Waals surface area contributed by atoms with Crippen molar-refractivity contribution >= 4 is 12.0 Å². The van der Waals surface area contributed by atoms with Crippen LogP contribution in [-0.4, -0.2) is 23.3 Å². The maximum atomic E-state index is 10.5. The second kappa shape index (κ2) is 6.60. The van der Waals surface area contributed by atoms with Gasteiger partial charge in [-0.05, 0) is 30.7 Å². The minimum Gasteiger partial charge on any atom is -0.493 e. The molecule has 0 fully saturated rings. The van der Waals surface area contributed by atoms with Crippen molar-refractivity contribution in [2.24, 2.45) is 0 Å². The summed E-state index contributed by atoms with van der Waals surface area (Å²) in [6.07, 6.45) is 2.54. The Morgan fingerprint density at radius 1 is 1.38 bits per heavy atom. The van der Waals surface area contributed by atoms with Gasteiger partial charge in [0.05, 0.1) is 7.11 Å². The Balaban J connectivity index is 2.10. The zero-order valence-corrected chi connectivity index (χ0v) is 11.7. The molecule has 0 aliphatic rings. The molecule has 2 rings (SSSR count). The summed E-state index contributed by atoms with van der Waals surface area (Å²) < 4.78 is 15.8. The van der Waals surface area contributed by atoms with Gasteiger partial charge in [0, 0.05) is 12.1 Å². The molecule has 0 amide bonds. The summed E-state index contributed by atoms with van der Waals surface area (Å²) in [6.45, 7) is 2.07. The van der Waals surface area contributed by atoms with E-state index in [0.717, 1.165) is 11.8 Å². The summed E-state index contributed by atoms with van der Waals surface area (Å²) in [5, 5.41) is 12.4. The van der Waals surface area contributed by atoms with Crippen molar-refractivity contribution < 1.29 is 23.9 Å². The molecular weight excluding hydrogens is 274 g/mol. The number of ether oxygens (including phenoxy) is 2. The zero-order chi connectivity index (χ0) is 15.2. The summed E-state index contributed by atoms with van der Waals surface area (Å²) in [7, 11) is 1.52. The van der Waals surface area contributed by atoms with E-state index in [9.17, 15) is 4.79 Å². The van der Waals surface area contributed by atoms with Gasteiger partial charge in [-0.1, -0.05) is 11.2 Å². The lowest BCUT2D eigenvalue weighted by molar-refractivity contribution is -0.131. The standard InChI is InChI=1S/C15H15NO5/c1-10-7-12(16-21-10)9-20-13-5-3-11(4-6-15(17)18)8-14(13)19-2/h3-8H,9H2,1-2H3,(H,17,18)/b6-4+. The van der Waals surface area contributed by atoms with E-state index >= 15 is 0 Å². The fourth-order valence-electron chi connectivity index (χ4n) is 1.71. The van der Waals surface area contributed by atoms with Crippen molar-refractivity contribution in [1.82, 2.24) is 5.16 Å². The van der Waals surface area contributed by atoms with Gasteiger partial charge in [0.2, 0.25) is 0 Å². The smallest absolute Gasteiger partial charge is 0.328 e. The average molecular weight is 289 g/mol. The molecule has 0 spiro atoms.